The number of aromatic nitrogens is 1. The SMILES string of the molecule is CC1(C)O[C@@H]2[C@H](O1)[C@@H](CO)O[C@H]2n1c(Cl)c(C#N)c2cc(Cl)c(Cl)cc21. The summed E-state index contributed by atoms with van der Waals surface area (Å²) in [7, 11) is 0. The molecule has 6 nitrogen and oxygen atoms in total. The molecular weight excluding hydrogens is 403 g/mol. The highest BCUT2D eigenvalue weighted by molar-refractivity contribution is 6.43. The van der Waals surface area contributed by atoms with Crippen molar-refractivity contribution in [3.63, 3.8) is 0 Å². The molecular formula is C17H15Cl3N2O4. The van der Waals surface area contributed by atoms with E-state index < -0.39 is 30.3 Å². The molecule has 1 N–H and O–H groups in total. The van der Waals surface area contributed by atoms with Crippen LogP contribution in [0, 0.1) is 11.3 Å². The van der Waals surface area contributed by atoms with Crippen molar-refractivity contribution in [1.82, 2.24) is 4.57 Å². The second-order valence-corrected chi connectivity index (χ2v) is 7.92. The van der Waals surface area contributed by atoms with E-state index >= 15 is 0 Å². The van der Waals surface area contributed by atoms with E-state index in [1.807, 2.05) is 0 Å². The van der Waals surface area contributed by atoms with Gasteiger partial charge in [-0.15, -0.1) is 0 Å². The third-order valence-electron chi connectivity index (χ3n) is 4.66. The van der Waals surface area contributed by atoms with Gasteiger partial charge < -0.3 is 23.9 Å². The summed E-state index contributed by atoms with van der Waals surface area (Å²) in [5.41, 5.74) is 0.864. The average molecular weight is 418 g/mol. The molecule has 2 aliphatic heterocycles. The monoisotopic (exact) mass is 416 g/mol. The molecule has 2 aromatic rings. The van der Waals surface area contributed by atoms with Crippen molar-refractivity contribution < 1.29 is 19.3 Å². The van der Waals surface area contributed by atoms with E-state index in [4.69, 9.17) is 49.0 Å². The average Bonchev–Trinajstić information content (AvgIpc) is 3.14. The van der Waals surface area contributed by atoms with Crippen molar-refractivity contribution in [1.29, 1.82) is 5.26 Å². The molecule has 1 aromatic heterocycles. The lowest BCUT2D eigenvalue weighted by Crippen LogP contribution is -2.31. The van der Waals surface area contributed by atoms with Gasteiger partial charge in [0.25, 0.3) is 0 Å². The van der Waals surface area contributed by atoms with Crippen LogP contribution in [-0.4, -0.2) is 40.4 Å². The van der Waals surface area contributed by atoms with Crippen LogP contribution < -0.4 is 0 Å². The van der Waals surface area contributed by atoms with Crippen LogP contribution >= 0.6 is 34.8 Å². The van der Waals surface area contributed by atoms with E-state index in [0.717, 1.165) is 0 Å². The van der Waals surface area contributed by atoms with Crippen molar-refractivity contribution in [2.24, 2.45) is 0 Å². The maximum absolute atomic E-state index is 9.67. The number of aliphatic hydroxyl groups excluding tert-OH is 1. The van der Waals surface area contributed by atoms with E-state index in [9.17, 15) is 10.4 Å². The third-order valence-corrected chi connectivity index (χ3v) is 5.75. The number of nitrogens with zero attached hydrogens (tertiary/aromatic N) is 2. The van der Waals surface area contributed by atoms with Gasteiger partial charge in [0.1, 0.15) is 29.5 Å². The van der Waals surface area contributed by atoms with Crippen molar-refractivity contribution in [3.8, 4) is 6.07 Å². The molecule has 138 valence electrons. The molecule has 26 heavy (non-hydrogen) atoms. The topological polar surface area (TPSA) is 76.6 Å². The van der Waals surface area contributed by atoms with E-state index in [1.54, 1.807) is 30.5 Å². The minimum atomic E-state index is -0.820. The number of aliphatic hydroxyl groups is 1. The highest BCUT2D eigenvalue weighted by Gasteiger charge is 2.56. The van der Waals surface area contributed by atoms with Gasteiger partial charge >= 0.3 is 0 Å². The van der Waals surface area contributed by atoms with Gasteiger partial charge in [-0.1, -0.05) is 34.8 Å². The van der Waals surface area contributed by atoms with Crippen LogP contribution in [0.3, 0.4) is 0 Å². The zero-order valence-electron chi connectivity index (χ0n) is 13.9. The first kappa shape index (κ1) is 18.3. The van der Waals surface area contributed by atoms with Crippen LogP contribution in [0.2, 0.25) is 15.2 Å². The number of hydrogen-bond donors (Lipinski definition) is 1. The van der Waals surface area contributed by atoms with Gasteiger partial charge in [-0.05, 0) is 26.0 Å². The first-order valence-electron chi connectivity index (χ1n) is 7.98. The standard InChI is InChI=1S/C17H15Cl3N2O4/c1-17(2)25-13-12(6-23)24-16(14(13)26-17)22-11-4-10(19)9(18)3-7(11)8(5-21)15(22)20/h3-4,12-14,16,23H,6H2,1-2H3/t12-,13-,14-,16-/m1/s1. The molecule has 4 atom stereocenters. The van der Waals surface area contributed by atoms with Crippen LogP contribution in [0.25, 0.3) is 10.9 Å². The summed E-state index contributed by atoms with van der Waals surface area (Å²) in [5.74, 6) is -0.820. The predicted octanol–water partition coefficient (Wildman–Crippen LogP) is 3.88. The molecule has 2 fully saturated rings. The number of nitriles is 1. The molecule has 2 saturated heterocycles. The van der Waals surface area contributed by atoms with Crippen LogP contribution in [0.4, 0.5) is 0 Å². The van der Waals surface area contributed by atoms with Crippen molar-refractivity contribution in [2.45, 2.75) is 44.2 Å². The molecule has 0 aliphatic carbocycles. The summed E-state index contributed by atoms with van der Waals surface area (Å²) in [6.45, 7) is 3.36. The lowest BCUT2D eigenvalue weighted by Gasteiger charge is -2.25. The molecule has 0 amide bonds. The largest absolute Gasteiger partial charge is 0.394 e. The van der Waals surface area contributed by atoms with Gasteiger partial charge in [-0.2, -0.15) is 5.26 Å². The minimum Gasteiger partial charge on any atom is -0.394 e. The summed E-state index contributed by atoms with van der Waals surface area (Å²) in [5, 5.41) is 20.6. The number of halogens is 3. The van der Waals surface area contributed by atoms with Gasteiger partial charge in [0, 0.05) is 5.39 Å². The van der Waals surface area contributed by atoms with Gasteiger partial charge in [0.2, 0.25) is 0 Å². The molecule has 1 aromatic carbocycles. The first-order valence-corrected chi connectivity index (χ1v) is 9.11. The van der Waals surface area contributed by atoms with E-state index in [1.165, 1.54) is 0 Å². The summed E-state index contributed by atoms with van der Waals surface area (Å²) >= 11 is 18.8. The summed E-state index contributed by atoms with van der Waals surface area (Å²) < 4.78 is 19.5. The van der Waals surface area contributed by atoms with Gasteiger partial charge in [0.05, 0.1) is 27.7 Å². The fourth-order valence-corrected chi connectivity index (χ4v) is 4.30. The van der Waals surface area contributed by atoms with Crippen LogP contribution in [-0.2, 0) is 14.2 Å². The van der Waals surface area contributed by atoms with Crippen molar-refractivity contribution >= 4 is 45.7 Å². The highest BCUT2D eigenvalue weighted by atomic mass is 35.5. The Morgan fingerprint density at radius 3 is 2.50 bits per heavy atom. The Balaban J connectivity index is 1.91. The fraction of sp³-hybridized carbons (Fsp3) is 0.471. The number of rotatable bonds is 2. The molecule has 2 aliphatic rings. The lowest BCUT2D eigenvalue weighted by atomic mass is 10.1. The normalized spacial score (nSPS) is 29.9. The Labute approximate surface area is 164 Å². The van der Waals surface area contributed by atoms with Gasteiger partial charge in [0.15, 0.2) is 12.0 Å². The third kappa shape index (κ3) is 2.62. The molecule has 9 heteroatoms. The van der Waals surface area contributed by atoms with Gasteiger partial charge in [-0.3, -0.25) is 0 Å². The number of ether oxygens (including phenoxy) is 3. The van der Waals surface area contributed by atoms with E-state index in [0.29, 0.717) is 20.9 Å². The summed E-state index contributed by atoms with van der Waals surface area (Å²) in [6.07, 6.45) is -2.22. The summed E-state index contributed by atoms with van der Waals surface area (Å²) in [4.78, 5) is 0. The van der Waals surface area contributed by atoms with E-state index in [2.05, 4.69) is 6.07 Å². The number of fused-ring (bicyclic) bond motifs is 2. The summed E-state index contributed by atoms with van der Waals surface area (Å²) in [6, 6.07) is 5.34. The Bertz CT molecular complexity index is 936. The number of hydrogen-bond acceptors (Lipinski definition) is 5. The Morgan fingerprint density at radius 1 is 1.19 bits per heavy atom. The molecule has 0 saturated carbocycles. The molecule has 3 heterocycles. The smallest absolute Gasteiger partial charge is 0.164 e. The zero-order valence-corrected chi connectivity index (χ0v) is 16.1. The maximum Gasteiger partial charge on any atom is 0.164 e. The van der Waals surface area contributed by atoms with E-state index in [-0.39, 0.29) is 17.3 Å². The van der Waals surface area contributed by atoms with Crippen LogP contribution in [0.1, 0.15) is 25.6 Å². The van der Waals surface area contributed by atoms with Crippen LogP contribution in [0.5, 0.6) is 0 Å². The maximum atomic E-state index is 9.67. The molecule has 4 rings (SSSR count). The quantitative estimate of drug-likeness (QED) is 0.802. The molecule has 0 radical (unpaired) electrons. The highest BCUT2D eigenvalue weighted by Crippen LogP contribution is 2.46. The second-order valence-electron chi connectivity index (χ2n) is 6.74. The Morgan fingerprint density at radius 2 is 1.85 bits per heavy atom. The fourth-order valence-electron chi connectivity index (χ4n) is 3.64. The minimum absolute atomic E-state index is 0.191. The lowest BCUT2D eigenvalue weighted by molar-refractivity contribution is -0.199. The Kier molecular flexibility index (Phi) is 4.41. The van der Waals surface area contributed by atoms with Crippen molar-refractivity contribution in [3.05, 3.63) is 32.9 Å². The Hall–Kier alpha value is -1.04. The van der Waals surface area contributed by atoms with Crippen LogP contribution in [0.15, 0.2) is 12.1 Å². The van der Waals surface area contributed by atoms with Gasteiger partial charge in [-0.25, -0.2) is 0 Å². The zero-order chi connectivity index (χ0) is 18.8. The first-order chi connectivity index (χ1) is 12.3. The predicted molar refractivity (Wildman–Crippen MR) is 96.5 cm³/mol. The molecule has 0 spiro atoms. The van der Waals surface area contributed by atoms with Crippen molar-refractivity contribution in [2.75, 3.05) is 6.61 Å². The number of benzene rings is 1. The molecule has 0 bridgehead atoms. The second kappa shape index (κ2) is 6.25. The molecule has 0 unspecified atom stereocenters.